The first-order chi connectivity index (χ1) is 15.5. The summed E-state index contributed by atoms with van der Waals surface area (Å²) in [4.78, 5) is 34.3. The number of methoxy groups -OCH3 is 1. The number of hydrogen-bond donors (Lipinski definition) is 1. The normalized spacial score (nSPS) is 14.4. The Balaban J connectivity index is 1.40. The average Bonchev–Trinajstić information content (AvgIpc) is 3.18. The van der Waals surface area contributed by atoms with Crippen LogP contribution in [0.15, 0.2) is 35.4 Å². The van der Waals surface area contributed by atoms with E-state index in [1.54, 1.807) is 29.3 Å². The highest BCUT2D eigenvalue weighted by atomic mass is 32.1. The van der Waals surface area contributed by atoms with E-state index in [9.17, 15) is 9.59 Å². The third-order valence-corrected chi connectivity index (χ3v) is 7.32. The Bertz CT molecular complexity index is 1170. The maximum Gasteiger partial charge on any atom is 0.262 e. The number of amides is 1. The van der Waals surface area contributed by atoms with Crippen LogP contribution < -0.4 is 15.6 Å². The average molecular weight is 455 g/mol. The molecule has 1 aliphatic carbocycles. The number of aromatic nitrogens is 2. The van der Waals surface area contributed by atoms with Crippen molar-refractivity contribution in [2.24, 2.45) is 0 Å². The van der Waals surface area contributed by atoms with Gasteiger partial charge >= 0.3 is 0 Å². The fourth-order valence-electron chi connectivity index (χ4n) is 4.31. The Morgan fingerprint density at radius 2 is 2.12 bits per heavy atom. The number of thiophene rings is 1. The number of hydrogen-bond acceptors (Lipinski definition) is 6. The van der Waals surface area contributed by atoms with Crippen molar-refractivity contribution in [1.29, 1.82) is 0 Å². The van der Waals surface area contributed by atoms with E-state index in [-0.39, 0.29) is 23.9 Å². The minimum atomic E-state index is -0.0842. The first kappa shape index (κ1) is 22.5. The summed E-state index contributed by atoms with van der Waals surface area (Å²) in [6.45, 7) is 0.799. The molecule has 32 heavy (non-hydrogen) atoms. The molecule has 4 rings (SSSR count). The number of likely N-dealkylation sites (N-methyl/N-ethyl adjacent to an activating group) is 1. The first-order valence-corrected chi connectivity index (χ1v) is 11.9. The van der Waals surface area contributed by atoms with Crippen LogP contribution in [0.3, 0.4) is 0 Å². The molecule has 2 heterocycles. The quantitative estimate of drug-likeness (QED) is 0.566. The maximum absolute atomic E-state index is 13.1. The van der Waals surface area contributed by atoms with Crippen molar-refractivity contribution < 1.29 is 9.53 Å². The Hall–Kier alpha value is -2.71. The molecule has 170 valence electrons. The summed E-state index contributed by atoms with van der Waals surface area (Å²) in [5.41, 5.74) is 2.23. The lowest BCUT2D eigenvalue weighted by Gasteiger charge is -2.25. The zero-order valence-corrected chi connectivity index (χ0v) is 19.7. The molecule has 0 spiro atoms. The second-order valence-electron chi connectivity index (χ2n) is 8.44. The Kier molecular flexibility index (Phi) is 6.91. The predicted molar refractivity (Wildman–Crippen MR) is 128 cm³/mol. The first-order valence-electron chi connectivity index (χ1n) is 11.0. The maximum atomic E-state index is 13.1. The van der Waals surface area contributed by atoms with Crippen LogP contribution in [0.2, 0.25) is 0 Å². The van der Waals surface area contributed by atoms with E-state index < -0.39 is 0 Å². The summed E-state index contributed by atoms with van der Waals surface area (Å²) in [7, 11) is 5.61. The number of benzene rings is 1. The number of nitrogens with one attached hydrogen (secondary N) is 1. The van der Waals surface area contributed by atoms with Gasteiger partial charge in [-0.2, -0.15) is 0 Å². The molecule has 0 fully saturated rings. The van der Waals surface area contributed by atoms with Gasteiger partial charge in [0.2, 0.25) is 5.91 Å². The molecule has 0 saturated heterocycles. The van der Waals surface area contributed by atoms with Crippen molar-refractivity contribution in [3.8, 4) is 5.75 Å². The van der Waals surface area contributed by atoms with Crippen molar-refractivity contribution in [2.45, 2.75) is 44.7 Å². The number of fused-ring (bicyclic) bond motifs is 3. The topological polar surface area (TPSA) is 76.5 Å². The Labute approximate surface area is 192 Å². The lowest BCUT2D eigenvalue weighted by molar-refractivity contribution is -0.121. The summed E-state index contributed by atoms with van der Waals surface area (Å²) in [6.07, 6.45) is 6.11. The summed E-state index contributed by atoms with van der Waals surface area (Å²) in [6, 6.07) is 7.89. The van der Waals surface area contributed by atoms with Gasteiger partial charge in [0.25, 0.3) is 5.56 Å². The highest BCUT2D eigenvalue weighted by Gasteiger charge is 2.20. The minimum absolute atomic E-state index is 0.0205. The smallest absolute Gasteiger partial charge is 0.262 e. The van der Waals surface area contributed by atoms with Crippen molar-refractivity contribution in [1.82, 2.24) is 19.8 Å². The number of rotatable bonds is 8. The molecule has 1 amide bonds. The minimum Gasteiger partial charge on any atom is -0.497 e. The third kappa shape index (κ3) is 4.71. The monoisotopic (exact) mass is 454 g/mol. The molecular formula is C24H30N4O3S. The molecule has 1 atom stereocenters. The lowest BCUT2D eigenvalue weighted by atomic mass is 9.97. The highest BCUT2D eigenvalue weighted by molar-refractivity contribution is 7.18. The molecule has 1 N–H and O–H groups in total. The number of aryl methyl sites for hydroxylation is 3. The largest absolute Gasteiger partial charge is 0.497 e. The van der Waals surface area contributed by atoms with Gasteiger partial charge in [-0.15, -0.1) is 11.3 Å². The molecule has 1 aliphatic rings. The van der Waals surface area contributed by atoms with Crippen LogP contribution in [0.4, 0.5) is 0 Å². The van der Waals surface area contributed by atoms with Gasteiger partial charge in [0.1, 0.15) is 10.6 Å². The molecule has 8 heteroatoms. The molecule has 0 bridgehead atoms. The van der Waals surface area contributed by atoms with Crippen LogP contribution in [-0.2, 0) is 24.2 Å². The van der Waals surface area contributed by atoms with E-state index in [0.717, 1.165) is 40.8 Å². The highest BCUT2D eigenvalue weighted by Crippen LogP contribution is 2.33. The molecular weight excluding hydrogens is 424 g/mol. The molecule has 1 unspecified atom stereocenters. The van der Waals surface area contributed by atoms with E-state index in [1.165, 1.54) is 16.9 Å². The van der Waals surface area contributed by atoms with Crippen LogP contribution in [-0.4, -0.2) is 48.1 Å². The molecule has 1 aromatic carbocycles. The van der Waals surface area contributed by atoms with Crippen LogP contribution in [0.25, 0.3) is 10.2 Å². The number of carbonyl (C=O) groups excluding carboxylic acids is 1. The molecule has 0 aliphatic heterocycles. The molecule has 2 aromatic heterocycles. The van der Waals surface area contributed by atoms with Gasteiger partial charge in [0.05, 0.1) is 24.9 Å². The predicted octanol–water partition coefficient (Wildman–Crippen LogP) is 3.15. The van der Waals surface area contributed by atoms with Crippen LogP contribution >= 0.6 is 11.3 Å². The second-order valence-corrected chi connectivity index (χ2v) is 9.53. The van der Waals surface area contributed by atoms with Gasteiger partial charge in [-0.25, -0.2) is 4.98 Å². The van der Waals surface area contributed by atoms with Gasteiger partial charge in [0, 0.05) is 24.4 Å². The van der Waals surface area contributed by atoms with E-state index >= 15 is 0 Å². The fourth-order valence-corrected chi connectivity index (χ4v) is 5.53. The van der Waals surface area contributed by atoms with Crippen molar-refractivity contribution in [3.63, 3.8) is 0 Å². The van der Waals surface area contributed by atoms with Gasteiger partial charge in [-0.05, 0) is 63.0 Å². The molecule has 0 saturated carbocycles. The van der Waals surface area contributed by atoms with Crippen LogP contribution in [0.5, 0.6) is 5.75 Å². The van der Waals surface area contributed by atoms with Crippen molar-refractivity contribution in [2.75, 3.05) is 27.7 Å². The van der Waals surface area contributed by atoms with Crippen LogP contribution in [0, 0.1) is 0 Å². The van der Waals surface area contributed by atoms with E-state index in [2.05, 4.69) is 15.2 Å². The second kappa shape index (κ2) is 9.83. The summed E-state index contributed by atoms with van der Waals surface area (Å²) in [5.74, 6) is 0.706. The summed E-state index contributed by atoms with van der Waals surface area (Å²) >= 11 is 1.64. The zero-order chi connectivity index (χ0) is 22.7. The van der Waals surface area contributed by atoms with E-state index in [0.29, 0.717) is 13.1 Å². The van der Waals surface area contributed by atoms with Crippen molar-refractivity contribution in [3.05, 3.63) is 57.0 Å². The van der Waals surface area contributed by atoms with Gasteiger partial charge in [-0.3, -0.25) is 14.2 Å². The number of nitrogens with zero attached hydrogens (tertiary/aromatic N) is 3. The van der Waals surface area contributed by atoms with Gasteiger partial charge in [-0.1, -0.05) is 12.1 Å². The van der Waals surface area contributed by atoms with Crippen LogP contribution in [0.1, 0.15) is 41.3 Å². The SMILES string of the molecule is COc1cccc(C(CNC(=O)CCn2cnc3sc4c(c3c2=O)CCCC4)N(C)C)c1. The molecule has 7 nitrogen and oxygen atoms in total. The fraction of sp³-hybridized carbons (Fsp3) is 0.458. The van der Waals surface area contributed by atoms with Gasteiger partial charge in [0.15, 0.2) is 0 Å². The van der Waals surface area contributed by atoms with Crippen molar-refractivity contribution >= 4 is 27.5 Å². The van der Waals surface area contributed by atoms with E-state index in [1.807, 2.05) is 38.4 Å². The third-order valence-electron chi connectivity index (χ3n) is 6.12. The standard InChI is InChI=1S/C24H30N4O3S/c1-27(2)19(16-7-6-8-17(13-16)31-3)14-25-21(29)11-12-28-15-26-23-22(24(28)30)18-9-4-5-10-20(18)32-23/h6-8,13,15,19H,4-5,9-12,14H2,1-3H3,(H,25,29). The van der Waals surface area contributed by atoms with E-state index in [4.69, 9.17) is 4.74 Å². The van der Waals surface area contributed by atoms with Gasteiger partial charge < -0.3 is 15.0 Å². The molecule has 0 radical (unpaired) electrons. The molecule has 3 aromatic rings. The number of carbonyl (C=O) groups is 1. The zero-order valence-electron chi connectivity index (χ0n) is 18.9. The lowest BCUT2D eigenvalue weighted by Crippen LogP contribution is -2.35. The Morgan fingerprint density at radius 1 is 1.31 bits per heavy atom. The summed E-state index contributed by atoms with van der Waals surface area (Å²) < 4.78 is 6.90. The summed E-state index contributed by atoms with van der Waals surface area (Å²) in [5, 5.41) is 3.78. The number of ether oxygens (including phenoxy) is 1. The Morgan fingerprint density at radius 3 is 2.91 bits per heavy atom.